The van der Waals surface area contributed by atoms with Gasteiger partial charge in [0, 0.05) is 17.1 Å². The lowest BCUT2D eigenvalue weighted by Crippen LogP contribution is -1.92. The number of hydrogen-bond donors (Lipinski definition) is 1. The van der Waals surface area contributed by atoms with Crippen LogP contribution in [0.25, 0.3) is 16.7 Å². The summed E-state index contributed by atoms with van der Waals surface area (Å²) < 4.78 is 6.11. The summed E-state index contributed by atoms with van der Waals surface area (Å²) in [5.41, 5.74) is 3.86. The molecule has 1 aromatic heterocycles. The normalized spacial score (nSPS) is 10.7. The fraction of sp³-hybridized carbons (Fsp3) is 0.150. The van der Waals surface area contributed by atoms with Crippen molar-refractivity contribution in [3.8, 4) is 11.5 Å². The first-order chi connectivity index (χ1) is 11.1. The number of nitrogens with zero attached hydrogens (tertiary/aromatic N) is 1. The molecule has 1 heterocycles. The molecule has 0 saturated heterocycles. The van der Waals surface area contributed by atoms with Crippen molar-refractivity contribution < 1.29 is 9.84 Å². The Morgan fingerprint density at radius 3 is 2.65 bits per heavy atom. The van der Waals surface area contributed by atoms with Crippen molar-refractivity contribution in [2.24, 2.45) is 0 Å². The van der Waals surface area contributed by atoms with E-state index in [2.05, 4.69) is 30.6 Å². The summed E-state index contributed by atoms with van der Waals surface area (Å²) in [5.74, 6) is 1.57. The number of aliphatic hydroxyl groups excluding tert-OH is 1. The number of fused-ring (bicyclic) bond motifs is 1. The van der Waals surface area contributed by atoms with Gasteiger partial charge >= 0.3 is 0 Å². The second-order valence-corrected chi connectivity index (χ2v) is 5.54. The van der Waals surface area contributed by atoms with Gasteiger partial charge in [-0.05, 0) is 54.8 Å². The predicted octanol–water partition coefficient (Wildman–Crippen LogP) is 5.43. The maximum atomic E-state index is 9.61. The molecule has 0 spiro atoms. The number of pyridine rings is 1. The first kappa shape index (κ1) is 15.1. The summed E-state index contributed by atoms with van der Waals surface area (Å²) >= 11 is 0. The summed E-state index contributed by atoms with van der Waals surface area (Å²) in [6.07, 6.45) is 2.72. The summed E-state index contributed by atoms with van der Waals surface area (Å²) in [7, 11) is 0. The summed E-state index contributed by atoms with van der Waals surface area (Å²) in [5, 5.41) is 10.5. The highest BCUT2D eigenvalue weighted by Gasteiger charge is 2.08. The van der Waals surface area contributed by atoms with Crippen LogP contribution >= 0.6 is 0 Å². The third-order valence-electron chi connectivity index (χ3n) is 3.90. The van der Waals surface area contributed by atoms with E-state index in [4.69, 9.17) is 4.74 Å². The number of hydrogen-bond acceptors (Lipinski definition) is 3. The molecule has 0 bridgehead atoms. The molecular weight excluding hydrogens is 286 g/mol. The first-order valence-electron chi connectivity index (χ1n) is 7.63. The SMILES string of the molecule is C=C(O)c1ccc2nccc(Oc3ccc(CC)cc3C)c2c1. The largest absolute Gasteiger partial charge is 0.508 e. The monoisotopic (exact) mass is 305 g/mol. The third-order valence-corrected chi connectivity index (χ3v) is 3.90. The van der Waals surface area contributed by atoms with Crippen molar-refractivity contribution in [3.63, 3.8) is 0 Å². The van der Waals surface area contributed by atoms with Gasteiger partial charge in [0.1, 0.15) is 17.3 Å². The van der Waals surface area contributed by atoms with E-state index in [1.165, 1.54) is 5.56 Å². The van der Waals surface area contributed by atoms with Gasteiger partial charge in [0.15, 0.2) is 0 Å². The molecule has 3 aromatic rings. The molecule has 0 fully saturated rings. The van der Waals surface area contributed by atoms with Crippen molar-refractivity contribution in [1.29, 1.82) is 0 Å². The van der Waals surface area contributed by atoms with Gasteiger partial charge in [-0.25, -0.2) is 0 Å². The number of benzene rings is 2. The molecule has 23 heavy (non-hydrogen) atoms. The maximum absolute atomic E-state index is 9.61. The molecule has 0 radical (unpaired) electrons. The second kappa shape index (κ2) is 6.13. The predicted molar refractivity (Wildman–Crippen MR) is 94.0 cm³/mol. The van der Waals surface area contributed by atoms with Crippen LogP contribution in [-0.4, -0.2) is 10.1 Å². The lowest BCUT2D eigenvalue weighted by atomic mass is 10.1. The van der Waals surface area contributed by atoms with Crippen LogP contribution in [0.5, 0.6) is 11.5 Å². The lowest BCUT2D eigenvalue weighted by Gasteiger charge is -2.12. The van der Waals surface area contributed by atoms with Gasteiger partial charge in [-0.15, -0.1) is 0 Å². The molecule has 3 heteroatoms. The van der Waals surface area contributed by atoms with Gasteiger partial charge in [0.25, 0.3) is 0 Å². The van der Waals surface area contributed by atoms with Gasteiger partial charge in [-0.1, -0.05) is 25.6 Å². The molecule has 0 saturated carbocycles. The Kier molecular flexibility index (Phi) is 4.02. The molecule has 116 valence electrons. The molecule has 3 rings (SSSR count). The van der Waals surface area contributed by atoms with Gasteiger partial charge in [-0.2, -0.15) is 0 Å². The van der Waals surface area contributed by atoms with Crippen molar-refractivity contribution in [2.45, 2.75) is 20.3 Å². The average molecular weight is 305 g/mol. The van der Waals surface area contributed by atoms with Gasteiger partial charge in [0.2, 0.25) is 0 Å². The fourth-order valence-corrected chi connectivity index (χ4v) is 2.55. The zero-order chi connectivity index (χ0) is 16.4. The van der Waals surface area contributed by atoms with Crippen molar-refractivity contribution in [1.82, 2.24) is 4.98 Å². The van der Waals surface area contributed by atoms with E-state index in [-0.39, 0.29) is 5.76 Å². The first-order valence-corrected chi connectivity index (χ1v) is 7.63. The van der Waals surface area contributed by atoms with Crippen LogP contribution < -0.4 is 4.74 Å². The molecule has 0 aliphatic heterocycles. The van der Waals surface area contributed by atoms with E-state index in [9.17, 15) is 5.11 Å². The lowest BCUT2D eigenvalue weighted by molar-refractivity contribution is 0.483. The van der Waals surface area contributed by atoms with Crippen LogP contribution in [0.3, 0.4) is 0 Å². The molecule has 0 unspecified atom stereocenters. The fourth-order valence-electron chi connectivity index (χ4n) is 2.55. The maximum Gasteiger partial charge on any atom is 0.138 e. The van der Waals surface area contributed by atoms with E-state index in [0.29, 0.717) is 11.3 Å². The zero-order valence-corrected chi connectivity index (χ0v) is 13.3. The molecule has 0 aliphatic carbocycles. The Balaban J connectivity index is 2.05. The quantitative estimate of drug-likeness (QED) is 0.654. The highest BCUT2D eigenvalue weighted by atomic mass is 16.5. The minimum Gasteiger partial charge on any atom is -0.508 e. The highest BCUT2D eigenvalue weighted by molar-refractivity contribution is 5.87. The summed E-state index contributed by atoms with van der Waals surface area (Å²) in [4.78, 5) is 4.34. The van der Waals surface area contributed by atoms with Crippen LogP contribution in [0.1, 0.15) is 23.6 Å². The van der Waals surface area contributed by atoms with Gasteiger partial charge in [0.05, 0.1) is 5.52 Å². The molecule has 0 atom stereocenters. The van der Waals surface area contributed by atoms with E-state index >= 15 is 0 Å². The van der Waals surface area contributed by atoms with Crippen LogP contribution in [0.4, 0.5) is 0 Å². The standard InChI is InChI=1S/C20H19NO2/c1-4-15-5-8-19(13(2)11-15)23-20-9-10-21-18-7-6-16(14(3)22)12-17(18)20/h5-12,22H,3-4H2,1-2H3. The number of rotatable bonds is 4. The van der Waals surface area contributed by atoms with Crippen molar-refractivity contribution in [3.05, 3.63) is 71.9 Å². The Morgan fingerprint density at radius 2 is 1.96 bits per heavy atom. The molecule has 3 nitrogen and oxygen atoms in total. The molecule has 0 aliphatic rings. The second-order valence-electron chi connectivity index (χ2n) is 5.54. The number of ether oxygens (including phenoxy) is 1. The summed E-state index contributed by atoms with van der Waals surface area (Å²) in [6.45, 7) is 7.75. The molecular formula is C20H19NO2. The number of aryl methyl sites for hydroxylation is 2. The molecule has 2 aromatic carbocycles. The zero-order valence-electron chi connectivity index (χ0n) is 13.3. The Morgan fingerprint density at radius 1 is 1.13 bits per heavy atom. The van der Waals surface area contributed by atoms with Crippen LogP contribution in [-0.2, 0) is 6.42 Å². The van der Waals surface area contributed by atoms with E-state index in [1.807, 2.05) is 31.2 Å². The van der Waals surface area contributed by atoms with Crippen molar-refractivity contribution >= 4 is 16.7 Å². The van der Waals surface area contributed by atoms with Gasteiger partial charge in [-0.3, -0.25) is 4.98 Å². The van der Waals surface area contributed by atoms with Crippen molar-refractivity contribution in [2.75, 3.05) is 0 Å². The minimum absolute atomic E-state index is 0.0326. The smallest absolute Gasteiger partial charge is 0.138 e. The highest BCUT2D eigenvalue weighted by Crippen LogP contribution is 2.32. The molecule has 1 N–H and O–H groups in total. The van der Waals surface area contributed by atoms with E-state index in [0.717, 1.165) is 28.6 Å². The van der Waals surface area contributed by atoms with Crippen LogP contribution in [0.15, 0.2) is 55.2 Å². The minimum atomic E-state index is 0.0326. The Labute approximate surface area is 135 Å². The van der Waals surface area contributed by atoms with Gasteiger partial charge < -0.3 is 9.84 Å². The molecule has 0 amide bonds. The Bertz CT molecular complexity index is 884. The Hall–Kier alpha value is -2.81. The van der Waals surface area contributed by atoms with Crippen LogP contribution in [0.2, 0.25) is 0 Å². The number of aliphatic hydroxyl groups is 1. The van der Waals surface area contributed by atoms with Crippen LogP contribution in [0, 0.1) is 6.92 Å². The van der Waals surface area contributed by atoms with E-state index < -0.39 is 0 Å². The van der Waals surface area contributed by atoms with E-state index in [1.54, 1.807) is 12.3 Å². The third kappa shape index (κ3) is 3.04. The average Bonchev–Trinajstić information content (AvgIpc) is 2.56. The topological polar surface area (TPSA) is 42.4 Å². The summed E-state index contributed by atoms with van der Waals surface area (Å²) in [6, 6.07) is 13.5. The number of aromatic nitrogens is 1.